The second kappa shape index (κ2) is 5.01. The number of rotatable bonds is 3. The molecule has 1 aromatic rings. The number of hydrogen-bond donors (Lipinski definition) is 1. The van der Waals surface area contributed by atoms with Crippen LogP contribution in [0.5, 0.6) is 0 Å². The molecule has 0 radical (unpaired) electrons. The highest BCUT2D eigenvalue weighted by atomic mass is 16.1. The molecule has 2 aliphatic rings. The maximum Gasteiger partial charge on any atom is 0.253 e. The van der Waals surface area contributed by atoms with Crippen molar-refractivity contribution in [3.63, 3.8) is 0 Å². The number of amides is 1. The molecule has 1 aliphatic carbocycles. The van der Waals surface area contributed by atoms with Crippen LogP contribution in [0.3, 0.4) is 0 Å². The smallest absolute Gasteiger partial charge is 0.253 e. The van der Waals surface area contributed by atoms with Gasteiger partial charge in [0.1, 0.15) is 0 Å². The predicted octanol–water partition coefficient (Wildman–Crippen LogP) is 2.57. The highest BCUT2D eigenvalue weighted by Gasteiger charge is 2.25. The van der Waals surface area contributed by atoms with Crippen molar-refractivity contribution in [2.24, 2.45) is 0 Å². The molecule has 0 unspecified atom stereocenters. The van der Waals surface area contributed by atoms with Gasteiger partial charge in [-0.15, -0.1) is 0 Å². The van der Waals surface area contributed by atoms with Crippen molar-refractivity contribution in [1.29, 1.82) is 0 Å². The number of benzene rings is 1. The Hall–Kier alpha value is -1.51. The van der Waals surface area contributed by atoms with Gasteiger partial charge in [0.2, 0.25) is 0 Å². The van der Waals surface area contributed by atoms with Gasteiger partial charge in [-0.1, -0.05) is 12.1 Å². The molecule has 0 atom stereocenters. The summed E-state index contributed by atoms with van der Waals surface area (Å²) in [5.74, 6) is 0.0960. The summed E-state index contributed by atoms with van der Waals surface area (Å²) in [5.41, 5.74) is 1.95. The monoisotopic (exact) mass is 244 g/mol. The summed E-state index contributed by atoms with van der Waals surface area (Å²) in [6.07, 6.45) is 6.05. The maximum absolute atomic E-state index is 12.2. The minimum atomic E-state index is 0.0960. The van der Waals surface area contributed by atoms with E-state index in [1.807, 2.05) is 18.2 Å². The second-order valence-corrected chi connectivity index (χ2v) is 5.31. The van der Waals surface area contributed by atoms with E-state index in [0.717, 1.165) is 37.2 Å². The zero-order valence-electron chi connectivity index (χ0n) is 10.7. The third kappa shape index (κ3) is 2.50. The van der Waals surface area contributed by atoms with E-state index in [4.69, 9.17) is 0 Å². The molecule has 1 aromatic carbocycles. The Morgan fingerprint density at radius 2 is 1.83 bits per heavy atom. The molecule has 1 aliphatic heterocycles. The predicted molar refractivity (Wildman–Crippen MR) is 73.0 cm³/mol. The number of hydrogen-bond acceptors (Lipinski definition) is 2. The van der Waals surface area contributed by atoms with Crippen molar-refractivity contribution in [2.75, 3.05) is 18.0 Å². The van der Waals surface area contributed by atoms with Crippen molar-refractivity contribution < 1.29 is 4.79 Å². The van der Waals surface area contributed by atoms with E-state index in [9.17, 15) is 4.79 Å². The molecule has 3 rings (SSSR count). The second-order valence-electron chi connectivity index (χ2n) is 5.31. The molecule has 1 saturated heterocycles. The van der Waals surface area contributed by atoms with E-state index in [0.29, 0.717) is 6.04 Å². The molecule has 1 heterocycles. The number of piperidine rings is 1. The van der Waals surface area contributed by atoms with Crippen LogP contribution in [-0.2, 0) is 0 Å². The first-order valence-electron chi connectivity index (χ1n) is 6.99. The summed E-state index contributed by atoms with van der Waals surface area (Å²) < 4.78 is 0. The van der Waals surface area contributed by atoms with Crippen LogP contribution in [0, 0.1) is 0 Å². The van der Waals surface area contributed by atoms with Crippen LogP contribution >= 0.6 is 0 Å². The van der Waals surface area contributed by atoms with Crippen LogP contribution in [0.4, 0.5) is 5.69 Å². The van der Waals surface area contributed by atoms with Gasteiger partial charge >= 0.3 is 0 Å². The van der Waals surface area contributed by atoms with Crippen LogP contribution in [-0.4, -0.2) is 25.0 Å². The lowest BCUT2D eigenvalue weighted by atomic mass is 10.1. The third-order valence-corrected chi connectivity index (χ3v) is 3.76. The quantitative estimate of drug-likeness (QED) is 0.886. The van der Waals surface area contributed by atoms with Gasteiger partial charge in [-0.3, -0.25) is 4.79 Å². The SMILES string of the molecule is O=C(NC1CC1)c1ccccc1N1CCCCC1. The Labute approximate surface area is 108 Å². The van der Waals surface area contributed by atoms with Crippen LogP contribution in [0.1, 0.15) is 42.5 Å². The van der Waals surface area contributed by atoms with Gasteiger partial charge in [0.05, 0.1) is 5.56 Å². The number of para-hydroxylation sites is 1. The largest absolute Gasteiger partial charge is 0.371 e. The van der Waals surface area contributed by atoms with Crippen LogP contribution in [0.15, 0.2) is 24.3 Å². The highest BCUT2D eigenvalue weighted by Crippen LogP contribution is 2.25. The first-order valence-corrected chi connectivity index (χ1v) is 6.99. The first kappa shape index (κ1) is 11.6. The fraction of sp³-hybridized carbons (Fsp3) is 0.533. The summed E-state index contributed by atoms with van der Waals surface area (Å²) >= 11 is 0. The lowest BCUT2D eigenvalue weighted by Gasteiger charge is -2.30. The molecule has 1 saturated carbocycles. The molecular formula is C15H20N2O. The molecule has 0 aromatic heterocycles. The molecule has 2 fully saturated rings. The molecule has 3 heteroatoms. The van der Waals surface area contributed by atoms with Crippen molar-refractivity contribution >= 4 is 11.6 Å². The van der Waals surface area contributed by atoms with Crippen molar-refractivity contribution in [3.8, 4) is 0 Å². The summed E-state index contributed by atoms with van der Waals surface area (Å²) in [5, 5.41) is 3.08. The average Bonchev–Trinajstić information content (AvgIpc) is 3.24. The summed E-state index contributed by atoms with van der Waals surface area (Å²) in [7, 11) is 0. The molecule has 0 spiro atoms. The molecule has 1 amide bonds. The molecular weight excluding hydrogens is 224 g/mol. The summed E-state index contributed by atoms with van der Waals surface area (Å²) in [6.45, 7) is 2.15. The number of nitrogens with zero attached hydrogens (tertiary/aromatic N) is 1. The Morgan fingerprint density at radius 1 is 1.11 bits per heavy atom. The normalized spacial score (nSPS) is 19.7. The van der Waals surface area contributed by atoms with E-state index in [1.165, 1.54) is 19.3 Å². The van der Waals surface area contributed by atoms with Crippen molar-refractivity contribution in [1.82, 2.24) is 5.32 Å². The van der Waals surface area contributed by atoms with Crippen LogP contribution < -0.4 is 10.2 Å². The van der Waals surface area contributed by atoms with Gasteiger partial charge in [0, 0.05) is 24.8 Å². The third-order valence-electron chi connectivity index (χ3n) is 3.76. The zero-order valence-corrected chi connectivity index (χ0v) is 10.7. The maximum atomic E-state index is 12.2. The van der Waals surface area contributed by atoms with E-state index < -0.39 is 0 Å². The summed E-state index contributed by atoms with van der Waals surface area (Å²) in [4.78, 5) is 14.6. The fourth-order valence-corrected chi connectivity index (χ4v) is 2.57. The number of carbonyl (C=O) groups excluding carboxylic acids is 1. The van der Waals surface area contributed by atoms with Crippen LogP contribution in [0.2, 0.25) is 0 Å². The lowest BCUT2D eigenvalue weighted by molar-refractivity contribution is 0.0951. The number of nitrogens with one attached hydrogen (secondary N) is 1. The minimum absolute atomic E-state index is 0.0960. The van der Waals surface area contributed by atoms with E-state index >= 15 is 0 Å². The van der Waals surface area contributed by atoms with Crippen molar-refractivity contribution in [3.05, 3.63) is 29.8 Å². The van der Waals surface area contributed by atoms with Crippen molar-refractivity contribution in [2.45, 2.75) is 38.1 Å². The van der Waals surface area contributed by atoms with E-state index in [1.54, 1.807) is 0 Å². The minimum Gasteiger partial charge on any atom is -0.371 e. The fourth-order valence-electron chi connectivity index (χ4n) is 2.57. The van der Waals surface area contributed by atoms with E-state index in [-0.39, 0.29) is 5.91 Å². The van der Waals surface area contributed by atoms with Gasteiger partial charge in [-0.25, -0.2) is 0 Å². The number of anilines is 1. The van der Waals surface area contributed by atoms with E-state index in [2.05, 4.69) is 16.3 Å². The standard InChI is InChI=1S/C15H20N2O/c18-15(16-12-8-9-12)13-6-2-3-7-14(13)17-10-4-1-5-11-17/h2-3,6-7,12H,1,4-5,8-11H2,(H,16,18). The number of carbonyl (C=O) groups is 1. The molecule has 0 bridgehead atoms. The lowest BCUT2D eigenvalue weighted by Crippen LogP contribution is -2.33. The van der Waals surface area contributed by atoms with Gasteiger partial charge in [0.15, 0.2) is 0 Å². The first-order chi connectivity index (χ1) is 8.84. The Kier molecular flexibility index (Phi) is 3.22. The zero-order chi connectivity index (χ0) is 12.4. The Morgan fingerprint density at radius 3 is 2.56 bits per heavy atom. The highest BCUT2D eigenvalue weighted by molar-refractivity contribution is 6.00. The average molecular weight is 244 g/mol. The molecule has 3 nitrogen and oxygen atoms in total. The molecule has 1 N–H and O–H groups in total. The summed E-state index contributed by atoms with van der Waals surface area (Å²) in [6, 6.07) is 8.42. The van der Waals surface area contributed by atoms with Gasteiger partial charge in [-0.2, -0.15) is 0 Å². The Bertz CT molecular complexity index is 434. The van der Waals surface area contributed by atoms with Gasteiger partial charge in [-0.05, 0) is 44.2 Å². The van der Waals surface area contributed by atoms with Gasteiger partial charge in [0.25, 0.3) is 5.91 Å². The topological polar surface area (TPSA) is 32.3 Å². The Balaban J connectivity index is 1.81. The van der Waals surface area contributed by atoms with Gasteiger partial charge < -0.3 is 10.2 Å². The molecule has 96 valence electrons. The molecule has 18 heavy (non-hydrogen) atoms. The van der Waals surface area contributed by atoms with Crippen LogP contribution in [0.25, 0.3) is 0 Å².